The van der Waals surface area contributed by atoms with Gasteiger partial charge >= 0.3 is 0 Å². The molecule has 0 bridgehead atoms. The molecule has 0 radical (unpaired) electrons. The van der Waals surface area contributed by atoms with Gasteiger partial charge in [-0.1, -0.05) is 71.8 Å². The van der Waals surface area contributed by atoms with Crippen molar-refractivity contribution >= 4 is 32.8 Å². The molecule has 250 valence electrons. The van der Waals surface area contributed by atoms with Gasteiger partial charge in [0.15, 0.2) is 26.5 Å². The van der Waals surface area contributed by atoms with Gasteiger partial charge in [-0.3, -0.25) is 0 Å². The van der Waals surface area contributed by atoms with E-state index in [2.05, 4.69) is 93.7 Å². The summed E-state index contributed by atoms with van der Waals surface area (Å²) in [7, 11) is -7.62. The van der Waals surface area contributed by atoms with Gasteiger partial charge in [-0.2, -0.15) is 0 Å². The number of rotatable bonds is 8. The highest BCUT2D eigenvalue weighted by Crippen LogP contribution is 2.60. The lowest BCUT2D eigenvalue weighted by Gasteiger charge is -2.45. The van der Waals surface area contributed by atoms with Crippen LogP contribution in [-0.2, 0) is 23.5 Å². The Morgan fingerprint density at radius 3 is 2.18 bits per heavy atom. The first kappa shape index (κ1) is 36.0. The van der Waals surface area contributed by atoms with Crippen LogP contribution in [0, 0.1) is 17.3 Å². The summed E-state index contributed by atoms with van der Waals surface area (Å²) in [4.78, 5) is 11.1. The molecule has 4 aliphatic rings. The van der Waals surface area contributed by atoms with Crippen molar-refractivity contribution in [3.63, 3.8) is 0 Å². The Bertz CT molecular complexity index is 1310. The van der Waals surface area contributed by atoms with E-state index < -0.39 is 31.7 Å². The summed E-state index contributed by atoms with van der Waals surface area (Å²) < 4.78 is 42.4. The fourth-order valence-corrected chi connectivity index (χ4v) is 12.9. The van der Waals surface area contributed by atoms with Crippen molar-refractivity contribution in [2.75, 3.05) is 5.75 Å². The maximum Gasteiger partial charge on any atom is 0.192 e. The van der Waals surface area contributed by atoms with E-state index in [0.717, 1.165) is 56.0 Å². The number of aldehydes is 1. The van der Waals surface area contributed by atoms with E-state index in [1.807, 2.05) is 0 Å². The second-order valence-electron chi connectivity index (χ2n) is 17.7. The van der Waals surface area contributed by atoms with Crippen LogP contribution in [-0.4, -0.2) is 54.5 Å². The van der Waals surface area contributed by atoms with Gasteiger partial charge in [-0.05, 0) is 110 Å². The SMILES string of the molecule is CC(=CCC=O)[C@H]1CCC2C(=CC3C4=C(CS3(=O)=O)[C@@H](O[Si](C)(C)C(C)(C)C)C[C@H](O[Si](C)(C)C(C)(C)C)C4)CCC[C@@]21C. The van der Waals surface area contributed by atoms with E-state index in [1.165, 1.54) is 11.1 Å². The largest absolute Gasteiger partial charge is 0.414 e. The lowest BCUT2D eigenvalue weighted by Crippen LogP contribution is -2.49. The smallest absolute Gasteiger partial charge is 0.192 e. The van der Waals surface area contributed by atoms with Gasteiger partial charge in [0.25, 0.3) is 0 Å². The summed E-state index contributed by atoms with van der Waals surface area (Å²) in [5.74, 6) is 0.953. The predicted molar refractivity (Wildman–Crippen MR) is 189 cm³/mol. The quantitative estimate of drug-likeness (QED) is 0.147. The molecule has 3 aliphatic carbocycles. The molecule has 2 saturated carbocycles. The van der Waals surface area contributed by atoms with Crippen molar-refractivity contribution in [2.45, 2.75) is 160 Å². The van der Waals surface area contributed by atoms with Crippen molar-refractivity contribution in [2.24, 2.45) is 17.3 Å². The molecule has 0 N–H and O–H groups in total. The second kappa shape index (κ2) is 12.3. The summed E-state index contributed by atoms with van der Waals surface area (Å²) in [5, 5.41) is -0.467. The van der Waals surface area contributed by atoms with Crippen LogP contribution in [0.1, 0.15) is 107 Å². The number of hydrogen-bond donors (Lipinski definition) is 0. The first-order valence-corrected chi connectivity index (χ1v) is 24.7. The molecule has 2 fully saturated rings. The zero-order chi connectivity index (χ0) is 33.1. The van der Waals surface area contributed by atoms with Gasteiger partial charge in [0, 0.05) is 12.8 Å². The first-order valence-electron chi connectivity index (χ1n) is 17.1. The highest BCUT2D eigenvalue weighted by molar-refractivity contribution is 7.92. The molecular formula is C36H62O5SSi2. The van der Waals surface area contributed by atoms with Gasteiger partial charge in [-0.15, -0.1) is 0 Å². The highest BCUT2D eigenvalue weighted by atomic mass is 32.2. The Morgan fingerprint density at radius 1 is 0.977 bits per heavy atom. The average molecular weight is 663 g/mol. The minimum atomic E-state index is -3.39. The third kappa shape index (κ3) is 6.90. The van der Waals surface area contributed by atoms with Crippen LogP contribution in [0.3, 0.4) is 0 Å². The Labute approximate surface area is 271 Å². The Balaban J connectivity index is 1.74. The van der Waals surface area contributed by atoms with Crippen LogP contribution in [0.2, 0.25) is 36.3 Å². The van der Waals surface area contributed by atoms with Crippen LogP contribution in [0.5, 0.6) is 0 Å². The average Bonchev–Trinajstić information content (AvgIpc) is 3.35. The van der Waals surface area contributed by atoms with Gasteiger partial charge in [0.2, 0.25) is 0 Å². The summed E-state index contributed by atoms with van der Waals surface area (Å²) >= 11 is 0. The van der Waals surface area contributed by atoms with Crippen LogP contribution >= 0.6 is 0 Å². The molecule has 5 nitrogen and oxygen atoms in total. The number of hydrogen-bond acceptors (Lipinski definition) is 5. The molecule has 0 amide bonds. The van der Waals surface area contributed by atoms with Crippen LogP contribution in [0.4, 0.5) is 0 Å². The van der Waals surface area contributed by atoms with Gasteiger partial charge in [0.05, 0.1) is 18.0 Å². The van der Waals surface area contributed by atoms with E-state index in [1.54, 1.807) is 0 Å². The Kier molecular flexibility index (Phi) is 10.1. The molecule has 0 spiro atoms. The lowest BCUT2D eigenvalue weighted by atomic mass is 9.62. The van der Waals surface area contributed by atoms with Crippen molar-refractivity contribution in [3.8, 4) is 0 Å². The molecule has 8 heteroatoms. The maximum absolute atomic E-state index is 14.1. The summed E-state index contributed by atoms with van der Waals surface area (Å²) in [6.07, 6.45) is 12.4. The molecule has 1 heterocycles. The Morgan fingerprint density at radius 2 is 1.59 bits per heavy atom. The summed E-state index contributed by atoms with van der Waals surface area (Å²) in [6.45, 7) is 27.3. The lowest BCUT2D eigenvalue weighted by molar-refractivity contribution is -0.107. The van der Waals surface area contributed by atoms with Crippen molar-refractivity contribution in [3.05, 3.63) is 34.4 Å². The molecular weight excluding hydrogens is 601 g/mol. The van der Waals surface area contributed by atoms with Gasteiger partial charge < -0.3 is 13.6 Å². The normalized spacial score (nSPS) is 34.3. The van der Waals surface area contributed by atoms with E-state index >= 15 is 0 Å². The molecule has 0 aromatic rings. The van der Waals surface area contributed by atoms with E-state index in [4.69, 9.17) is 8.85 Å². The molecule has 0 aromatic heterocycles. The monoisotopic (exact) mass is 662 g/mol. The first-order chi connectivity index (χ1) is 20.0. The zero-order valence-electron chi connectivity index (χ0n) is 29.9. The molecule has 2 unspecified atom stereocenters. The highest BCUT2D eigenvalue weighted by Gasteiger charge is 2.52. The minimum Gasteiger partial charge on any atom is -0.414 e. The second-order valence-corrected chi connectivity index (χ2v) is 29.4. The summed E-state index contributed by atoms with van der Waals surface area (Å²) in [6, 6.07) is 0. The number of carbonyl (C=O) groups is 1. The standard InChI is InChI=1S/C36H62O5SSi2/c1-25(15-14-20-37)30-17-18-31-26(16-13-19-36(30,31)8)21-33-28-22-27(40-43(9,10)34(2,3)4)23-32(29(28)24-42(33,38)39)41-44(11,12)35(5,6)7/h15,20-21,27,30-33H,13-14,16-19,22-24H2,1-12H3/t27-,30-,31?,32+,33?,36-/m1/s1. The number of sulfone groups is 1. The van der Waals surface area contributed by atoms with Gasteiger partial charge in [0.1, 0.15) is 11.5 Å². The third-order valence-corrected chi connectivity index (χ3v) is 23.7. The Hall–Kier alpha value is -0.806. The van der Waals surface area contributed by atoms with Gasteiger partial charge in [-0.25, -0.2) is 8.42 Å². The molecule has 6 atom stereocenters. The zero-order valence-corrected chi connectivity index (χ0v) is 32.7. The molecule has 44 heavy (non-hydrogen) atoms. The number of fused-ring (bicyclic) bond motifs is 1. The van der Waals surface area contributed by atoms with Crippen molar-refractivity contribution in [1.29, 1.82) is 0 Å². The molecule has 1 aliphatic heterocycles. The third-order valence-electron chi connectivity index (χ3n) is 12.7. The van der Waals surface area contributed by atoms with Crippen molar-refractivity contribution < 1.29 is 22.1 Å². The number of carbonyl (C=O) groups excluding carboxylic acids is 1. The molecule has 0 saturated heterocycles. The fourth-order valence-electron chi connectivity index (χ4n) is 8.15. The van der Waals surface area contributed by atoms with Crippen molar-refractivity contribution in [1.82, 2.24) is 0 Å². The predicted octanol–water partition coefficient (Wildman–Crippen LogP) is 9.33. The van der Waals surface area contributed by atoms with E-state index in [-0.39, 0.29) is 33.5 Å². The van der Waals surface area contributed by atoms with E-state index in [0.29, 0.717) is 24.7 Å². The van der Waals surface area contributed by atoms with E-state index in [9.17, 15) is 13.2 Å². The maximum atomic E-state index is 14.1. The number of allylic oxidation sites excluding steroid dienone is 3. The molecule has 4 rings (SSSR count). The minimum absolute atomic E-state index is 0.0308. The van der Waals surface area contributed by atoms with Crippen LogP contribution < -0.4 is 0 Å². The molecule has 0 aromatic carbocycles. The topological polar surface area (TPSA) is 69.7 Å². The van der Waals surface area contributed by atoms with Crippen LogP contribution in [0.15, 0.2) is 34.4 Å². The fraction of sp³-hybridized carbons (Fsp3) is 0.806. The van der Waals surface area contributed by atoms with Crippen LogP contribution in [0.25, 0.3) is 0 Å². The summed E-state index contributed by atoms with van der Waals surface area (Å²) in [5.41, 5.74) is 4.88.